The molecule has 2 aromatic carbocycles. The summed E-state index contributed by atoms with van der Waals surface area (Å²) in [5, 5.41) is 0. The Labute approximate surface area is 132 Å². The van der Waals surface area contributed by atoms with E-state index in [9.17, 15) is 13.2 Å². The second kappa shape index (κ2) is 6.22. The molecule has 1 atom stereocenters. The minimum Gasteiger partial charge on any atom is -0.497 e. The number of hydrogen-bond donors (Lipinski definition) is 1. The Morgan fingerprint density at radius 1 is 1.17 bits per heavy atom. The maximum Gasteiger partial charge on any atom is 0.194 e. The summed E-state index contributed by atoms with van der Waals surface area (Å²) < 4.78 is 46.0. The van der Waals surface area contributed by atoms with Crippen molar-refractivity contribution in [2.24, 2.45) is 5.73 Å². The topological polar surface area (TPSA) is 38.5 Å². The van der Waals surface area contributed by atoms with Crippen molar-refractivity contribution in [1.82, 2.24) is 4.90 Å². The Morgan fingerprint density at radius 3 is 2.48 bits per heavy atom. The lowest BCUT2D eigenvalue weighted by atomic mass is 10.0. The zero-order valence-corrected chi connectivity index (χ0v) is 12.7. The number of fused-ring (bicyclic) bond motifs is 1. The molecule has 23 heavy (non-hydrogen) atoms. The summed E-state index contributed by atoms with van der Waals surface area (Å²) in [4.78, 5) is 1.91. The number of nitrogens with two attached hydrogens (primary N) is 1. The van der Waals surface area contributed by atoms with Crippen molar-refractivity contribution in [3.05, 3.63) is 64.5 Å². The largest absolute Gasteiger partial charge is 0.497 e. The van der Waals surface area contributed by atoms with Crippen LogP contribution in [0.4, 0.5) is 13.2 Å². The number of nitrogens with zero attached hydrogens (tertiary/aromatic N) is 1. The Kier molecular flexibility index (Phi) is 4.28. The van der Waals surface area contributed by atoms with Crippen LogP contribution in [0.1, 0.15) is 22.7 Å². The van der Waals surface area contributed by atoms with Crippen LogP contribution in [0.5, 0.6) is 5.75 Å². The van der Waals surface area contributed by atoms with Crippen molar-refractivity contribution < 1.29 is 17.9 Å². The maximum absolute atomic E-state index is 14.0. The van der Waals surface area contributed by atoms with Crippen LogP contribution in [0, 0.1) is 17.5 Å². The van der Waals surface area contributed by atoms with Crippen LogP contribution in [-0.4, -0.2) is 18.6 Å². The standard InChI is InChI=1S/C17H17F3N2O/c1-23-11-4-2-10(3-5-11)8-22-9-13-12(15(22)7-21)6-14(18)17(20)16(13)19/h2-6,15H,7-9,21H2,1H3. The summed E-state index contributed by atoms with van der Waals surface area (Å²) in [6.07, 6.45) is 0. The van der Waals surface area contributed by atoms with E-state index in [1.54, 1.807) is 7.11 Å². The van der Waals surface area contributed by atoms with E-state index in [1.165, 1.54) is 0 Å². The highest BCUT2D eigenvalue weighted by Crippen LogP contribution is 2.37. The zero-order valence-electron chi connectivity index (χ0n) is 12.7. The summed E-state index contributed by atoms with van der Waals surface area (Å²) in [7, 11) is 1.59. The molecule has 0 aromatic heterocycles. The van der Waals surface area contributed by atoms with Gasteiger partial charge in [0, 0.05) is 31.2 Å². The van der Waals surface area contributed by atoms with E-state index in [-0.39, 0.29) is 24.7 Å². The summed E-state index contributed by atoms with van der Waals surface area (Å²) in [6.45, 7) is 0.906. The molecule has 1 unspecified atom stereocenters. The minimum absolute atomic E-state index is 0.188. The number of hydrogen-bond acceptors (Lipinski definition) is 3. The van der Waals surface area contributed by atoms with Gasteiger partial charge in [-0.15, -0.1) is 0 Å². The molecular weight excluding hydrogens is 305 g/mol. The third-order valence-electron chi connectivity index (χ3n) is 4.23. The molecule has 0 aliphatic carbocycles. The first-order valence-corrected chi connectivity index (χ1v) is 7.28. The Balaban J connectivity index is 1.88. The summed E-state index contributed by atoms with van der Waals surface area (Å²) >= 11 is 0. The summed E-state index contributed by atoms with van der Waals surface area (Å²) in [6, 6.07) is 8.17. The monoisotopic (exact) mass is 322 g/mol. The molecule has 0 spiro atoms. The van der Waals surface area contributed by atoms with E-state index in [0.717, 1.165) is 17.4 Å². The van der Waals surface area contributed by atoms with Gasteiger partial charge in [-0.3, -0.25) is 4.90 Å². The minimum atomic E-state index is -1.43. The van der Waals surface area contributed by atoms with Gasteiger partial charge in [0.15, 0.2) is 17.5 Å². The van der Waals surface area contributed by atoms with Crippen molar-refractivity contribution in [2.75, 3.05) is 13.7 Å². The molecule has 0 saturated heterocycles. The highest BCUT2D eigenvalue weighted by atomic mass is 19.2. The van der Waals surface area contributed by atoms with Gasteiger partial charge in [-0.25, -0.2) is 13.2 Å². The van der Waals surface area contributed by atoms with Gasteiger partial charge in [-0.2, -0.15) is 0 Å². The van der Waals surface area contributed by atoms with Crippen LogP contribution in [0.3, 0.4) is 0 Å². The molecule has 3 nitrogen and oxygen atoms in total. The highest BCUT2D eigenvalue weighted by Gasteiger charge is 2.34. The zero-order chi connectivity index (χ0) is 16.6. The second-order valence-electron chi connectivity index (χ2n) is 5.56. The van der Waals surface area contributed by atoms with Crippen molar-refractivity contribution >= 4 is 0 Å². The first kappa shape index (κ1) is 15.8. The van der Waals surface area contributed by atoms with Gasteiger partial charge in [0.2, 0.25) is 0 Å². The van der Waals surface area contributed by atoms with E-state index < -0.39 is 17.5 Å². The summed E-state index contributed by atoms with van der Waals surface area (Å²) in [5.74, 6) is -2.98. The Morgan fingerprint density at radius 2 is 1.87 bits per heavy atom. The van der Waals surface area contributed by atoms with Crippen LogP contribution >= 0.6 is 0 Å². The lowest BCUT2D eigenvalue weighted by molar-refractivity contribution is 0.209. The fraction of sp³-hybridized carbons (Fsp3) is 0.294. The van der Waals surface area contributed by atoms with Crippen molar-refractivity contribution in [2.45, 2.75) is 19.1 Å². The molecule has 6 heteroatoms. The van der Waals surface area contributed by atoms with E-state index in [0.29, 0.717) is 12.1 Å². The van der Waals surface area contributed by atoms with Crippen molar-refractivity contribution in [3.8, 4) is 5.75 Å². The average Bonchev–Trinajstić information content (AvgIpc) is 2.90. The highest BCUT2D eigenvalue weighted by molar-refractivity contribution is 5.37. The van der Waals surface area contributed by atoms with Crippen molar-refractivity contribution in [3.63, 3.8) is 0 Å². The molecule has 1 aliphatic rings. The van der Waals surface area contributed by atoms with E-state index in [4.69, 9.17) is 10.5 Å². The van der Waals surface area contributed by atoms with Gasteiger partial charge in [0.25, 0.3) is 0 Å². The molecule has 2 aromatic rings. The van der Waals surface area contributed by atoms with E-state index in [2.05, 4.69) is 0 Å². The molecule has 0 bridgehead atoms. The SMILES string of the molecule is COc1ccc(CN2Cc3c(cc(F)c(F)c3F)C2CN)cc1. The normalized spacial score (nSPS) is 17.3. The number of benzene rings is 2. The van der Waals surface area contributed by atoms with Crippen LogP contribution in [0.15, 0.2) is 30.3 Å². The van der Waals surface area contributed by atoms with E-state index in [1.807, 2.05) is 29.2 Å². The smallest absolute Gasteiger partial charge is 0.194 e. The lowest BCUT2D eigenvalue weighted by Gasteiger charge is -2.23. The van der Waals surface area contributed by atoms with E-state index >= 15 is 0 Å². The van der Waals surface area contributed by atoms with Crippen LogP contribution in [0.25, 0.3) is 0 Å². The fourth-order valence-electron chi connectivity index (χ4n) is 3.03. The molecule has 0 amide bonds. The molecular formula is C17H17F3N2O. The Bertz CT molecular complexity index is 719. The number of rotatable bonds is 4. The maximum atomic E-state index is 14.0. The number of methoxy groups -OCH3 is 1. The predicted molar refractivity (Wildman–Crippen MR) is 80.4 cm³/mol. The molecule has 1 aliphatic heterocycles. The molecule has 0 fully saturated rings. The first-order chi connectivity index (χ1) is 11.0. The van der Waals surface area contributed by atoms with Crippen LogP contribution < -0.4 is 10.5 Å². The van der Waals surface area contributed by atoms with Crippen molar-refractivity contribution in [1.29, 1.82) is 0 Å². The average molecular weight is 322 g/mol. The molecule has 0 saturated carbocycles. The summed E-state index contributed by atoms with van der Waals surface area (Å²) in [5.41, 5.74) is 7.38. The molecule has 2 N–H and O–H groups in total. The van der Waals surface area contributed by atoms with Crippen LogP contribution in [-0.2, 0) is 13.1 Å². The molecule has 122 valence electrons. The van der Waals surface area contributed by atoms with Crippen LogP contribution in [0.2, 0.25) is 0 Å². The molecule has 3 rings (SSSR count). The quantitative estimate of drug-likeness (QED) is 0.879. The third kappa shape index (κ3) is 2.80. The predicted octanol–water partition coefficient (Wildman–Crippen LogP) is 3.13. The molecule has 1 heterocycles. The number of halogens is 3. The third-order valence-corrected chi connectivity index (χ3v) is 4.23. The van der Waals surface area contributed by atoms with Gasteiger partial charge in [0.05, 0.1) is 7.11 Å². The molecule has 0 radical (unpaired) electrons. The van der Waals surface area contributed by atoms with Gasteiger partial charge >= 0.3 is 0 Å². The second-order valence-corrected chi connectivity index (χ2v) is 5.56. The number of ether oxygens (including phenoxy) is 1. The Hall–Kier alpha value is -2.05. The van der Waals surface area contributed by atoms with Gasteiger partial charge in [0.1, 0.15) is 5.75 Å². The van der Waals surface area contributed by atoms with Gasteiger partial charge < -0.3 is 10.5 Å². The lowest BCUT2D eigenvalue weighted by Crippen LogP contribution is -2.27. The van der Waals surface area contributed by atoms with Gasteiger partial charge in [-0.05, 0) is 29.3 Å². The fourth-order valence-corrected chi connectivity index (χ4v) is 3.03. The first-order valence-electron chi connectivity index (χ1n) is 7.28. The van der Waals surface area contributed by atoms with Gasteiger partial charge in [-0.1, -0.05) is 12.1 Å².